The van der Waals surface area contributed by atoms with E-state index in [9.17, 15) is 24.4 Å². The molecule has 3 N–H and O–H groups in total. The van der Waals surface area contributed by atoms with Gasteiger partial charge in [0.1, 0.15) is 40.7 Å². The molecule has 0 bridgehead atoms. The Hall–Kier alpha value is -5.61. The van der Waals surface area contributed by atoms with Crippen molar-refractivity contribution in [1.29, 1.82) is 0 Å². The third-order valence-electron chi connectivity index (χ3n) is 12.9. The first-order valence-corrected chi connectivity index (χ1v) is 26.6. The first-order chi connectivity index (χ1) is 34.5. The minimum atomic E-state index is -4.09. The average molecular weight is 1020 g/mol. The first kappa shape index (κ1) is 55.7. The summed E-state index contributed by atoms with van der Waals surface area (Å²) in [7, 11) is 0.701. The summed E-state index contributed by atoms with van der Waals surface area (Å²) in [5.41, 5.74) is 0.392. The zero-order valence-corrected chi connectivity index (χ0v) is 44.2. The molecule has 6 aromatic rings. The molecule has 1 aliphatic rings. The number of anilines is 1. The smallest absolute Gasteiger partial charge is 0.408 e. The van der Waals surface area contributed by atoms with Crippen molar-refractivity contribution in [3.05, 3.63) is 190 Å². The van der Waals surface area contributed by atoms with E-state index in [1.165, 1.54) is 36.2 Å². The topological polar surface area (TPSA) is 171 Å². The lowest BCUT2D eigenvalue weighted by Crippen LogP contribution is -2.46. The summed E-state index contributed by atoms with van der Waals surface area (Å²) in [6, 6.07) is 46.4. The molecule has 384 valence electrons. The van der Waals surface area contributed by atoms with Gasteiger partial charge in [-0.25, -0.2) is 14.0 Å². The number of hydrogen-bond acceptors (Lipinski definition) is 13. The number of rotatable bonds is 22. The standard InChI is InChI=1S/C47H57N4O10PS.C9H12/c1-8-45(2,3)43(53)63-30-29-59-62(56,50(5)31-33-15-11-9-12-16-33)60-32-39-41(52)46(4,55)42(61-39)51-28-27-40(48-44(51)54)49-47(34-17-13-10-14-18-34,35-19-23-37(57-6)24-20-35)36-21-25-38(58-7)26-22-36;1-2-6-9-7-4-3-5-8-9/h9-28,39,41-42,52,55H,8,29-32H2,1-7H3,(H,48,49,54);3-5,7-8H,2,6H2,1H3/t39-,41?,42-,46+,62?;/m1./s1. The summed E-state index contributed by atoms with van der Waals surface area (Å²) >= 11 is 1.10. The van der Waals surface area contributed by atoms with Crippen molar-refractivity contribution in [1.82, 2.24) is 14.2 Å². The third kappa shape index (κ3) is 13.5. The number of aliphatic hydroxyl groups excluding tert-OH is 1. The van der Waals surface area contributed by atoms with Crippen LogP contribution >= 0.6 is 19.5 Å². The molecule has 0 radical (unpaired) electrons. The first-order valence-electron chi connectivity index (χ1n) is 24.1. The van der Waals surface area contributed by atoms with Crippen molar-refractivity contribution in [2.75, 3.05) is 45.6 Å². The summed E-state index contributed by atoms with van der Waals surface area (Å²) < 4.78 is 46.0. The molecule has 14 nitrogen and oxygen atoms in total. The van der Waals surface area contributed by atoms with E-state index in [0.717, 1.165) is 38.6 Å². The van der Waals surface area contributed by atoms with Crippen LogP contribution in [-0.2, 0) is 41.6 Å². The van der Waals surface area contributed by atoms with Crippen molar-refractivity contribution < 1.29 is 42.8 Å². The number of benzene rings is 5. The van der Waals surface area contributed by atoms with E-state index in [4.69, 9.17) is 23.3 Å². The Kier molecular flexibility index (Phi) is 19.6. The number of aryl methyl sites for hydroxylation is 1. The molecule has 1 saturated heterocycles. The molecule has 0 spiro atoms. The molecule has 1 fully saturated rings. The van der Waals surface area contributed by atoms with Gasteiger partial charge in [-0.15, -0.1) is 0 Å². The number of aromatic nitrogens is 2. The lowest BCUT2D eigenvalue weighted by Gasteiger charge is -2.37. The van der Waals surface area contributed by atoms with Crippen molar-refractivity contribution >= 4 is 30.4 Å². The van der Waals surface area contributed by atoms with Gasteiger partial charge in [0.15, 0.2) is 11.3 Å². The van der Waals surface area contributed by atoms with Gasteiger partial charge < -0.3 is 29.7 Å². The van der Waals surface area contributed by atoms with E-state index in [-0.39, 0.29) is 29.8 Å². The third-order valence-corrected chi connectivity index (χ3v) is 16.0. The maximum atomic E-state index is 14.5. The van der Waals surface area contributed by atoms with Crippen molar-refractivity contribution in [2.24, 2.45) is 5.41 Å². The molecule has 5 atom stereocenters. The summed E-state index contributed by atoms with van der Waals surface area (Å²) in [5, 5.41) is 26.7. The second kappa shape index (κ2) is 25.4. The van der Waals surface area contributed by atoms with Gasteiger partial charge in [0, 0.05) is 23.9 Å². The van der Waals surface area contributed by atoms with Gasteiger partial charge in [-0.05, 0) is 85.0 Å². The number of thioether (sulfide) groups is 1. The monoisotopic (exact) mass is 1020 g/mol. The number of ether oxygens (including phenoxy) is 3. The molecule has 5 aromatic carbocycles. The minimum absolute atomic E-state index is 0.00344. The van der Waals surface area contributed by atoms with Crippen LogP contribution in [0.3, 0.4) is 0 Å². The van der Waals surface area contributed by atoms with Crippen molar-refractivity contribution in [3.8, 4) is 11.5 Å². The largest absolute Gasteiger partial charge is 0.497 e. The summed E-state index contributed by atoms with van der Waals surface area (Å²) in [4.78, 5) is 31.2. The Morgan fingerprint density at radius 2 is 1.35 bits per heavy atom. The predicted octanol–water partition coefficient (Wildman–Crippen LogP) is 10.3. The number of hydrogen-bond donors (Lipinski definition) is 3. The Balaban J connectivity index is 0.000000847. The van der Waals surface area contributed by atoms with Crippen LogP contribution in [0.25, 0.3) is 0 Å². The molecule has 7 rings (SSSR count). The van der Waals surface area contributed by atoms with E-state index >= 15 is 0 Å². The Bertz CT molecular complexity index is 2680. The van der Waals surface area contributed by atoms with Crippen molar-refractivity contribution in [3.63, 3.8) is 0 Å². The van der Waals surface area contributed by atoms with Gasteiger partial charge in [0.25, 0.3) is 0 Å². The SMILES string of the molecule is CCC(C)(C)C(=O)SCCOP(=O)(OC[C@H]1O[C@@H](n2ccc(NC(c3ccccc3)(c3ccc(OC)cc3)c3ccc(OC)cc3)nc2=O)[C@@](C)(O)C1O)N(C)Cc1ccccc1.CCCc1ccccc1. The molecule has 0 aliphatic carbocycles. The van der Waals surface area contributed by atoms with E-state index in [2.05, 4.69) is 47.6 Å². The van der Waals surface area contributed by atoms with Crippen LogP contribution in [0.15, 0.2) is 157 Å². The van der Waals surface area contributed by atoms with E-state index in [1.807, 2.05) is 130 Å². The number of nitrogens with one attached hydrogen (secondary N) is 1. The molecule has 1 aromatic heterocycles. The van der Waals surface area contributed by atoms with Gasteiger partial charge in [-0.2, -0.15) is 4.98 Å². The molecule has 0 amide bonds. The molecule has 2 heterocycles. The van der Waals surface area contributed by atoms with E-state index in [1.54, 1.807) is 27.3 Å². The number of nitrogens with zero attached hydrogens (tertiary/aromatic N) is 3. The number of methoxy groups -OCH3 is 2. The van der Waals surface area contributed by atoms with E-state index in [0.29, 0.717) is 17.9 Å². The summed E-state index contributed by atoms with van der Waals surface area (Å²) in [5.74, 6) is 1.78. The fourth-order valence-corrected chi connectivity index (χ4v) is 10.7. The molecule has 16 heteroatoms. The van der Waals surface area contributed by atoms with Crippen LogP contribution in [0.5, 0.6) is 11.5 Å². The fourth-order valence-electron chi connectivity index (χ4n) is 8.21. The van der Waals surface area contributed by atoms with Crippen LogP contribution in [0.4, 0.5) is 5.82 Å². The quantitative estimate of drug-likeness (QED) is 0.0333. The van der Waals surface area contributed by atoms with Gasteiger partial charge >= 0.3 is 13.4 Å². The second-order valence-corrected chi connectivity index (χ2v) is 21.6. The average Bonchev–Trinajstić information content (AvgIpc) is 3.63. The normalized spacial score (nSPS) is 18.7. The van der Waals surface area contributed by atoms with Gasteiger partial charge in [0.2, 0.25) is 0 Å². The minimum Gasteiger partial charge on any atom is -0.497 e. The Morgan fingerprint density at radius 1 is 0.819 bits per heavy atom. The molecular weight excluding hydrogens is 952 g/mol. The van der Waals surface area contributed by atoms with Gasteiger partial charge in [-0.1, -0.05) is 161 Å². The van der Waals surface area contributed by atoms with Crippen LogP contribution in [-0.4, -0.2) is 87.6 Å². The molecule has 72 heavy (non-hydrogen) atoms. The molecule has 1 aliphatic heterocycles. The van der Waals surface area contributed by atoms with Gasteiger partial charge in [0.05, 0.1) is 27.4 Å². The lowest BCUT2D eigenvalue weighted by atomic mass is 9.77. The molecule has 2 unspecified atom stereocenters. The Morgan fingerprint density at radius 3 is 1.86 bits per heavy atom. The van der Waals surface area contributed by atoms with Crippen LogP contribution in [0.2, 0.25) is 0 Å². The van der Waals surface area contributed by atoms with E-state index < -0.39 is 55.0 Å². The molecule has 0 saturated carbocycles. The number of carbonyl (C=O) groups is 1. The lowest BCUT2D eigenvalue weighted by molar-refractivity contribution is -0.118. The zero-order chi connectivity index (χ0) is 51.9. The van der Waals surface area contributed by atoms with Crippen LogP contribution < -0.4 is 20.5 Å². The van der Waals surface area contributed by atoms with Crippen molar-refractivity contribution in [2.45, 2.75) is 90.0 Å². The highest BCUT2D eigenvalue weighted by Gasteiger charge is 2.54. The second-order valence-electron chi connectivity index (χ2n) is 18.4. The maximum absolute atomic E-state index is 14.5. The number of carbonyl (C=O) groups excluding carboxylic acids is 1. The highest BCUT2D eigenvalue weighted by Crippen LogP contribution is 2.53. The zero-order valence-electron chi connectivity index (χ0n) is 42.5. The fraction of sp³-hybridized carbons (Fsp3) is 0.375. The van der Waals surface area contributed by atoms with Crippen LogP contribution in [0.1, 0.15) is 81.5 Å². The number of aliphatic hydroxyl groups is 2. The highest BCUT2D eigenvalue weighted by molar-refractivity contribution is 8.13. The summed E-state index contributed by atoms with van der Waals surface area (Å²) in [6.07, 6.45) is 0.317. The summed E-state index contributed by atoms with van der Waals surface area (Å²) in [6.45, 7) is 8.91. The van der Waals surface area contributed by atoms with Crippen LogP contribution in [0, 0.1) is 5.41 Å². The predicted molar refractivity (Wildman–Crippen MR) is 284 cm³/mol. The van der Waals surface area contributed by atoms with Gasteiger partial charge in [-0.3, -0.25) is 18.4 Å². The highest BCUT2D eigenvalue weighted by atomic mass is 32.2. The molecular formula is C56H69N4O10PS. The maximum Gasteiger partial charge on any atom is 0.408 e. The Labute approximate surface area is 428 Å².